The Balaban J connectivity index is 2.39. The summed E-state index contributed by atoms with van der Waals surface area (Å²) in [7, 11) is 1.45. The number of esters is 1. The SMILES string of the molecule is COCN(C(=O)OC(C)(C)C)[C@](C)(C(=O)OCCc1ccccc1O)C(C)c1ccc(Br)cc1. The molecule has 1 unspecified atom stereocenters. The lowest BCUT2D eigenvalue weighted by Gasteiger charge is -2.43. The van der Waals surface area contributed by atoms with Crippen LogP contribution in [0.2, 0.25) is 0 Å². The van der Waals surface area contributed by atoms with Crippen molar-refractivity contribution in [1.29, 1.82) is 0 Å². The van der Waals surface area contributed by atoms with E-state index in [0.29, 0.717) is 12.0 Å². The number of amides is 1. The van der Waals surface area contributed by atoms with Gasteiger partial charge in [0.25, 0.3) is 0 Å². The van der Waals surface area contributed by atoms with Crippen molar-refractivity contribution in [3.05, 3.63) is 64.1 Å². The number of halogens is 1. The van der Waals surface area contributed by atoms with E-state index in [1.165, 1.54) is 12.0 Å². The van der Waals surface area contributed by atoms with Crippen LogP contribution in [-0.4, -0.2) is 53.7 Å². The van der Waals surface area contributed by atoms with Gasteiger partial charge in [0, 0.05) is 23.9 Å². The molecule has 34 heavy (non-hydrogen) atoms. The summed E-state index contributed by atoms with van der Waals surface area (Å²) in [6.45, 7) is 8.67. The molecule has 1 N–H and O–H groups in total. The molecule has 0 saturated heterocycles. The zero-order valence-electron chi connectivity index (χ0n) is 20.6. The van der Waals surface area contributed by atoms with E-state index in [1.807, 2.05) is 31.2 Å². The normalized spacial score (nSPS) is 14.1. The molecule has 0 saturated carbocycles. The number of hydrogen-bond acceptors (Lipinski definition) is 6. The fourth-order valence-corrected chi connectivity index (χ4v) is 3.81. The quantitative estimate of drug-likeness (QED) is 0.330. The second kappa shape index (κ2) is 11.7. The van der Waals surface area contributed by atoms with Crippen LogP contribution in [0.3, 0.4) is 0 Å². The van der Waals surface area contributed by atoms with E-state index in [1.54, 1.807) is 52.0 Å². The van der Waals surface area contributed by atoms with Gasteiger partial charge in [0.2, 0.25) is 0 Å². The predicted octanol–water partition coefficient (Wildman–Crippen LogP) is 5.64. The van der Waals surface area contributed by atoms with Crippen LogP contribution in [0.15, 0.2) is 53.0 Å². The van der Waals surface area contributed by atoms with Crippen molar-refractivity contribution < 1.29 is 28.9 Å². The Morgan fingerprint density at radius 3 is 2.24 bits per heavy atom. The third-order valence-electron chi connectivity index (χ3n) is 5.66. The number of phenolic OH excluding ortho intramolecular Hbond substituents is 1. The Morgan fingerprint density at radius 1 is 1.06 bits per heavy atom. The number of para-hydroxylation sites is 1. The molecule has 2 atom stereocenters. The number of hydrogen-bond donors (Lipinski definition) is 1. The average molecular weight is 536 g/mol. The molecule has 0 aliphatic rings. The summed E-state index contributed by atoms with van der Waals surface area (Å²) >= 11 is 3.43. The summed E-state index contributed by atoms with van der Waals surface area (Å²) in [5.41, 5.74) is -0.698. The van der Waals surface area contributed by atoms with Crippen LogP contribution in [0.5, 0.6) is 5.75 Å². The van der Waals surface area contributed by atoms with Crippen LogP contribution in [0, 0.1) is 0 Å². The minimum atomic E-state index is -1.44. The van der Waals surface area contributed by atoms with E-state index >= 15 is 0 Å². The van der Waals surface area contributed by atoms with Crippen molar-refractivity contribution >= 4 is 28.0 Å². The summed E-state index contributed by atoms with van der Waals surface area (Å²) in [4.78, 5) is 28.1. The maximum atomic E-state index is 13.6. The number of phenols is 1. The van der Waals surface area contributed by atoms with E-state index in [-0.39, 0.29) is 19.1 Å². The molecule has 0 aliphatic heterocycles. The Morgan fingerprint density at radius 2 is 1.68 bits per heavy atom. The fraction of sp³-hybridized carbons (Fsp3) is 0.462. The molecular formula is C26H34BrNO6. The van der Waals surface area contributed by atoms with Crippen LogP contribution in [0.1, 0.15) is 51.7 Å². The first-order chi connectivity index (χ1) is 15.9. The second-order valence-corrected chi connectivity index (χ2v) is 10.2. The van der Waals surface area contributed by atoms with Crippen molar-refractivity contribution in [1.82, 2.24) is 4.90 Å². The minimum absolute atomic E-state index is 0.0359. The third kappa shape index (κ3) is 6.96. The number of ether oxygens (including phenoxy) is 3. The number of methoxy groups -OCH3 is 1. The Labute approximate surface area is 210 Å². The monoisotopic (exact) mass is 535 g/mol. The molecule has 7 nitrogen and oxygen atoms in total. The first kappa shape index (κ1) is 27.7. The number of aromatic hydroxyl groups is 1. The fourth-order valence-electron chi connectivity index (χ4n) is 3.54. The molecule has 0 aromatic heterocycles. The zero-order chi connectivity index (χ0) is 25.5. The lowest BCUT2D eigenvalue weighted by atomic mass is 9.80. The number of nitrogens with zero attached hydrogens (tertiary/aromatic N) is 1. The van der Waals surface area contributed by atoms with Gasteiger partial charge in [0.05, 0.1) is 6.61 Å². The average Bonchev–Trinajstić information content (AvgIpc) is 2.77. The highest BCUT2D eigenvalue weighted by molar-refractivity contribution is 9.10. The maximum Gasteiger partial charge on any atom is 0.413 e. The topological polar surface area (TPSA) is 85.3 Å². The first-order valence-electron chi connectivity index (χ1n) is 11.1. The van der Waals surface area contributed by atoms with E-state index in [2.05, 4.69) is 15.9 Å². The van der Waals surface area contributed by atoms with Gasteiger partial charge in [-0.05, 0) is 57.0 Å². The van der Waals surface area contributed by atoms with Gasteiger partial charge in [-0.1, -0.05) is 53.2 Å². The van der Waals surface area contributed by atoms with E-state index in [9.17, 15) is 14.7 Å². The van der Waals surface area contributed by atoms with Gasteiger partial charge in [-0.3, -0.25) is 4.90 Å². The van der Waals surface area contributed by atoms with Gasteiger partial charge in [-0.15, -0.1) is 0 Å². The lowest BCUT2D eigenvalue weighted by Crippen LogP contribution is -2.60. The molecule has 186 valence electrons. The molecular weight excluding hydrogens is 502 g/mol. The van der Waals surface area contributed by atoms with Crippen LogP contribution in [0.25, 0.3) is 0 Å². The molecule has 8 heteroatoms. The van der Waals surface area contributed by atoms with Crippen molar-refractivity contribution in [3.8, 4) is 5.75 Å². The Kier molecular flexibility index (Phi) is 9.53. The van der Waals surface area contributed by atoms with E-state index in [4.69, 9.17) is 14.2 Å². The molecule has 0 fully saturated rings. The van der Waals surface area contributed by atoms with Crippen molar-refractivity contribution in [2.75, 3.05) is 20.4 Å². The third-order valence-corrected chi connectivity index (χ3v) is 6.18. The second-order valence-electron chi connectivity index (χ2n) is 9.26. The Hall–Kier alpha value is -2.58. The summed E-state index contributed by atoms with van der Waals surface area (Å²) in [6.07, 6.45) is -0.351. The number of carbonyl (C=O) groups excluding carboxylic acids is 2. The van der Waals surface area contributed by atoms with Gasteiger partial charge in [0.1, 0.15) is 23.6 Å². The Bertz CT molecular complexity index is 972. The van der Waals surface area contributed by atoms with Crippen molar-refractivity contribution in [2.24, 2.45) is 0 Å². The highest BCUT2D eigenvalue weighted by atomic mass is 79.9. The molecule has 2 rings (SSSR count). The van der Waals surface area contributed by atoms with E-state index in [0.717, 1.165) is 10.0 Å². The molecule has 0 aliphatic carbocycles. The smallest absolute Gasteiger partial charge is 0.413 e. The summed E-state index contributed by atoms with van der Waals surface area (Å²) in [6, 6.07) is 14.4. The van der Waals surface area contributed by atoms with E-state index < -0.39 is 29.1 Å². The first-order valence-corrected chi connectivity index (χ1v) is 11.9. The maximum absolute atomic E-state index is 13.6. The van der Waals surface area contributed by atoms with Crippen molar-refractivity contribution in [3.63, 3.8) is 0 Å². The van der Waals surface area contributed by atoms with Gasteiger partial charge in [-0.25, -0.2) is 9.59 Å². The molecule has 0 radical (unpaired) electrons. The molecule has 2 aromatic carbocycles. The zero-order valence-corrected chi connectivity index (χ0v) is 22.2. The minimum Gasteiger partial charge on any atom is -0.508 e. The van der Waals surface area contributed by atoms with Crippen LogP contribution in [0.4, 0.5) is 4.79 Å². The van der Waals surface area contributed by atoms with Crippen LogP contribution < -0.4 is 0 Å². The highest BCUT2D eigenvalue weighted by Crippen LogP contribution is 2.36. The van der Waals surface area contributed by atoms with Gasteiger partial charge in [0.15, 0.2) is 0 Å². The lowest BCUT2D eigenvalue weighted by molar-refractivity contribution is -0.162. The van der Waals surface area contributed by atoms with Gasteiger partial charge < -0.3 is 19.3 Å². The molecule has 2 aromatic rings. The van der Waals surface area contributed by atoms with Crippen LogP contribution >= 0.6 is 15.9 Å². The molecule has 0 heterocycles. The number of benzene rings is 2. The molecule has 0 bridgehead atoms. The standard InChI is InChI=1S/C26H34BrNO6/c1-18(19-11-13-21(27)14-12-19)26(5,28(17-32-6)24(31)34-25(2,3)4)23(30)33-16-15-20-9-7-8-10-22(20)29/h7-14,18,29H,15-17H2,1-6H3/t18?,26-/m0/s1. The number of rotatable bonds is 9. The number of carbonyl (C=O) groups is 2. The largest absolute Gasteiger partial charge is 0.508 e. The predicted molar refractivity (Wildman–Crippen MR) is 134 cm³/mol. The van der Waals surface area contributed by atoms with Crippen LogP contribution in [-0.2, 0) is 25.4 Å². The summed E-state index contributed by atoms with van der Waals surface area (Å²) in [5, 5.41) is 10.0. The van der Waals surface area contributed by atoms with Gasteiger partial charge in [-0.2, -0.15) is 0 Å². The molecule has 1 amide bonds. The van der Waals surface area contributed by atoms with Gasteiger partial charge >= 0.3 is 12.1 Å². The summed E-state index contributed by atoms with van der Waals surface area (Å²) < 4.78 is 17.5. The summed E-state index contributed by atoms with van der Waals surface area (Å²) in [5.74, 6) is -0.915. The molecule has 0 spiro atoms. The highest BCUT2D eigenvalue weighted by Gasteiger charge is 2.50. The van der Waals surface area contributed by atoms with Crippen molar-refractivity contribution in [2.45, 2.75) is 58.1 Å².